The van der Waals surface area contributed by atoms with E-state index in [4.69, 9.17) is 18.9 Å². The number of esters is 2. The Morgan fingerprint density at radius 2 is 0.792 bits per heavy atom. The molecule has 2 unspecified atom stereocenters. The molecule has 0 saturated carbocycles. The number of rotatable bonds is 50. The molecule has 408 valence electrons. The summed E-state index contributed by atoms with van der Waals surface area (Å²) in [6.07, 6.45) is 71.4. The van der Waals surface area contributed by atoms with Crippen molar-refractivity contribution in [3.05, 3.63) is 122 Å². The van der Waals surface area contributed by atoms with Gasteiger partial charge in [0.1, 0.15) is 13.2 Å². The molecule has 0 radical (unpaired) electrons. The van der Waals surface area contributed by atoms with Gasteiger partial charge in [0.2, 0.25) is 0 Å². The molecule has 1 N–H and O–H groups in total. The van der Waals surface area contributed by atoms with Crippen LogP contribution in [-0.2, 0) is 33.3 Å². The van der Waals surface area contributed by atoms with Crippen molar-refractivity contribution in [3.63, 3.8) is 0 Å². The highest BCUT2D eigenvalue weighted by atomic mass is 16.7. The zero-order valence-corrected chi connectivity index (χ0v) is 46.3. The lowest BCUT2D eigenvalue weighted by molar-refractivity contribution is -0.870. The highest BCUT2D eigenvalue weighted by molar-refractivity contribution is 5.71. The van der Waals surface area contributed by atoms with Gasteiger partial charge in [0.15, 0.2) is 6.10 Å². The summed E-state index contributed by atoms with van der Waals surface area (Å²) in [6.45, 7) is 4.69. The highest BCUT2D eigenvalue weighted by Gasteiger charge is 2.25. The first-order chi connectivity index (χ1) is 35.1. The number of likely N-dealkylation sites (N-methyl/N-ethyl adjacent to an activating group) is 1. The van der Waals surface area contributed by atoms with Crippen LogP contribution in [0.25, 0.3) is 0 Å². The molecule has 0 aliphatic heterocycles. The number of carboxylic acids is 1. The predicted octanol–water partition coefficient (Wildman–Crippen LogP) is 16.5. The van der Waals surface area contributed by atoms with E-state index in [1.54, 1.807) is 0 Å². The van der Waals surface area contributed by atoms with Gasteiger partial charge in [-0.3, -0.25) is 9.59 Å². The fourth-order valence-electron chi connectivity index (χ4n) is 7.12. The quantitative estimate of drug-likeness (QED) is 0.0211. The van der Waals surface area contributed by atoms with Crippen LogP contribution in [0, 0.1) is 0 Å². The Morgan fingerprint density at radius 1 is 0.431 bits per heavy atom. The standard InChI is InChI=1S/C63H103NO8/c1-6-8-10-12-14-16-18-20-21-22-23-24-25-26-27-28-29-30-31-32-33-34-35-36-37-38-39-40-41-42-44-46-48-50-52-54-61(66)72-59(58-71-63(62(67)68)69-56-55-64(3,4)5)57-70-60(65)53-51-49-47-45-43-19-17-15-13-11-9-7-2/h8,10,14-17,20-21,23-24,26-27,29-30,32-33,35-36,38-39,59,63H,6-7,9,11-13,18-19,22,25,28,31,34,37,40-58H2,1-5H3/p+1/b10-8-,16-14-,17-15-,21-20-,24-23-,27-26-,30-29-,33-32-,36-35-,39-38-. The van der Waals surface area contributed by atoms with Crippen LogP contribution < -0.4 is 0 Å². The monoisotopic (exact) mass is 1000 g/mol. The molecule has 0 heterocycles. The van der Waals surface area contributed by atoms with Gasteiger partial charge in [-0.05, 0) is 109 Å². The average Bonchev–Trinajstić information content (AvgIpc) is 3.35. The summed E-state index contributed by atoms with van der Waals surface area (Å²) < 4.78 is 22.8. The Morgan fingerprint density at radius 3 is 1.19 bits per heavy atom. The molecule has 0 aromatic rings. The molecule has 0 rings (SSSR count). The molecule has 0 aromatic carbocycles. The van der Waals surface area contributed by atoms with Crippen molar-refractivity contribution in [1.82, 2.24) is 0 Å². The van der Waals surface area contributed by atoms with Crippen LogP contribution in [0.4, 0.5) is 0 Å². The summed E-state index contributed by atoms with van der Waals surface area (Å²) >= 11 is 0. The summed E-state index contributed by atoms with van der Waals surface area (Å²) in [5, 5.41) is 9.67. The zero-order chi connectivity index (χ0) is 52.7. The fourth-order valence-corrected chi connectivity index (χ4v) is 7.12. The Hall–Kier alpha value is -4.31. The molecule has 0 aliphatic rings. The first-order valence-electron chi connectivity index (χ1n) is 28.2. The van der Waals surface area contributed by atoms with E-state index < -0.39 is 24.3 Å². The molecule has 0 amide bonds. The van der Waals surface area contributed by atoms with Gasteiger partial charge in [-0.2, -0.15) is 0 Å². The smallest absolute Gasteiger partial charge is 0.361 e. The molecule has 0 fully saturated rings. The van der Waals surface area contributed by atoms with E-state index in [1.165, 1.54) is 44.9 Å². The molecule has 0 aromatic heterocycles. The van der Waals surface area contributed by atoms with Gasteiger partial charge in [0.05, 0.1) is 34.4 Å². The maximum Gasteiger partial charge on any atom is 0.361 e. The van der Waals surface area contributed by atoms with E-state index >= 15 is 0 Å². The van der Waals surface area contributed by atoms with Crippen LogP contribution >= 0.6 is 0 Å². The molecule has 0 spiro atoms. The number of unbranched alkanes of at least 4 members (excludes halogenated alkanes) is 15. The zero-order valence-electron chi connectivity index (χ0n) is 46.3. The predicted molar refractivity (Wildman–Crippen MR) is 304 cm³/mol. The number of hydrogen-bond acceptors (Lipinski definition) is 7. The molecule has 72 heavy (non-hydrogen) atoms. The van der Waals surface area contributed by atoms with Gasteiger partial charge in [0, 0.05) is 12.8 Å². The van der Waals surface area contributed by atoms with Crippen molar-refractivity contribution in [2.45, 2.75) is 212 Å². The number of ether oxygens (including phenoxy) is 4. The molecule has 0 aliphatic carbocycles. The summed E-state index contributed by atoms with van der Waals surface area (Å²) in [5.41, 5.74) is 0. The van der Waals surface area contributed by atoms with Gasteiger partial charge in [-0.1, -0.05) is 200 Å². The molecule has 2 atom stereocenters. The van der Waals surface area contributed by atoms with E-state index in [9.17, 15) is 19.5 Å². The third kappa shape index (κ3) is 53.5. The third-order valence-corrected chi connectivity index (χ3v) is 11.5. The summed E-state index contributed by atoms with van der Waals surface area (Å²) in [4.78, 5) is 37.3. The number of allylic oxidation sites excluding steroid dienone is 20. The van der Waals surface area contributed by atoms with Crippen LogP contribution in [0.15, 0.2) is 122 Å². The summed E-state index contributed by atoms with van der Waals surface area (Å²) in [5.74, 6) is -2.05. The van der Waals surface area contributed by atoms with Crippen molar-refractivity contribution in [2.75, 3.05) is 47.5 Å². The number of quaternary nitrogens is 1. The van der Waals surface area contributed by atoms with Crippen molar-refractivity contribution < 1.29 is 42.9 Å². The van der Waals surface area contributed by atoms with Crippen LogP contribution in [0.2, 0.25) is 0 Å². The van der Waals surface area contributed by atoms with E-state index in [2.05, 4.69) is 135 Å². The lowest BCUT2D eigenvalue weighted by Gasteiger charge is -2.25. The van der Waals surface area contributed by atoms with E-state index in [0.717, 1.165) is 122 Å². The maximum absolute atomic E-state index is 12.8. The maximum atomic E-state index is 12.8. The van der Waals surface area contributed by atoms with E-state index in [-0.39, 0.29) is 38.6 Å². The van der Waals surface area contributed by atoms with Crippen molar-refractivity contribution in [2.24, 2.45) is 0 Å². The molecule has 0 bridgehead atoms. The van der Waals surface area contributed by atoms with E-state index in [0.29, 0.717) is 17.4 Å². The number of aliphatic carboxylic acids is 1. The van der Waals surface area contributed by atoms with Crippen LogP contribution in [0.5, 0.6) is 0 Å². The van der Waals surface area contributed by atoms with Crippen molar-refractivity contribution in [3.8, 4) is 0 Å². The van der Waals surface area contributed by atoms with E-state index in [1.807, 2.05) is 21.1 Å². The molecule has 0 saturated heterocycles. The fraction of sp³-hybridized carbons (Fsp3) is 0.635. The SMILES string of the molecule is CC/C=C\C/C=C\C/C=C\C/C=C\C/C=C\C/C=C\C/C=C\C/C=C\C/C=C\CCCCCCCCCC(=O)OC(COC(=O)CCCCCCC/C=C\CCCCC)COC(OCC[N+](C)(C)C)C(=O)O. The van der Waals surface area contributed by atoms with Crippen LogP contribution in [0.1, 0.15) is 200 Å². The molecular weight excluding hydrogens is 899 g/mol. The number of hydrogen-bond donors (Lipinski definition) is 1. The topological polar surface area (TPSA) is 108 Å². The van der Waals surface area contributed by atoms with Gasteiger partial charge in [-0.15, -0.1) is 0 Å². The van der Waals surface area contributed by atoms with Gasteiger partial charge < -0.3 is 28.5 Å². The normalized spacial score (nSPS) is 13.7. The highest BCUT2D eigenvalue weighted by Crippen LogP contribution is 2.13. The third-order valence-electron chi connectivity index (χ3n) is 11.5. The second-order valence-electron chi connectivity index (χ2n) is 19.5. The molecular formula is C63H104NO8+. The second kappa shape index (κ2) is 53.0. The largest absolute Gasteiger partial charge is 0.477 e. The number of carboxylic acid groups (broad SMARTS) is 1. The number of carbonyl (C=O) groups excluding carboxylic acids is 2. The minimum Gasteiger partial charge on any atom is -0.477 e. The van der Waals surface area contributed by atoms with Crippen LogP contribution in [0.3, 0.4) is 0 Å². The Labute approximate surface area is 440 Å². The Kier molecular flexibility index (Phi) is 49.8. The average molecular weight is 1000 g/mol. The van der Waals surface area contributed by atoms with Crippen molar-refractivity contribution >= 4 is 17.9 Å². The summed E-state index contributed by atoms with van der Waals surface area (Å²) in [6, 6.07) is 0. The molecule has 9 nitrogen and oxygen atoms in total. The Balaban J connectivity index is 4.24. The number of nitrogens with zero attached hydrogens (tertiary/aromatic N) is 1. The first kappa shape index (κ1) is 67.7. The van der Waals surface area contributed by atoms with Gasteiger partial charge in [-0.25, -0.2) is 4.79 Å². The number of carbonyl (C=O) groups is 3. The second-order valence-corrected chi connectivity index (χ2v) is 19.5. The van der Waals surface area contributed by atoms with Gasteiger partial charge in [0.25, 0.3) is 6.29 Å². The Bertz CT molecular complexity index is 1590. The minimum atomic E-state index is -1.52. The molecule has 9 heteroatoms. The lowest BCUT2D eigenvalue weighted by atomic mass is 10.1. The lowest BCUT2D eigenvalue weighted by Crippen LogP contribution is -2.40. The summed E-state index contributed by atoms with van der Waals surface area (Å²) in [7, 11) is 5.94. The van der Waals surface area contributed by atoms with Gasteiger partial charge >= 0.3 is 17.9 Å². The van der Waals surface area contributed by atoms with Crippen LogP contribution in [-0.4, -0.2) is 87.4 Å². The van der Waals surface area contributed by atoms with Crippen molar-refractivity contribution in [1.29, 1.82) is 0 Å². The first-order valence-corrected chi connectivity index (χ1v) is 28.2. The minimum absolute atomic E-state index is 0.178.